The maximum Gasteiger partial charge on any atom is 0.344 e. The fraction of sp³-hybridized carbons (Fsp3) is 0.150. The Labute approximate surface area is 168 Å². The van der Waals surface area contributed by atoms with E-state index in [2.05, 4.69) is 14.5 Å². The molecule has 2 aromatic carbocycles. The Balaban J connectivity index is 1.54. The van der Waals surface area contributed by atoms with Crippen molar-refractivity contribution in [3.8, 4) is 17.1 Å². The standard InChI is InChI=1S/C20H18N4O4S/c1-15-18(20-21-19(22-28-20)16-8-4-2-5-9-16)14-24(29(25,26)23-15)12-13-27-17-10-6-3-7-11-17/h2-11,14H,12-13H2,1H3. The second-order valence-corrected chi connectivity index (χ2v) is 7.81. The average Bonchev–Trinajstić information content (AvgIpc) is 3.20. The molecule has 0 unspecified atom stereocenters. The van der Waals surface area contributed by atoms with Crippen LogP contribution < -0.4 is 4.74 Å². The molecular weight excluding hydrogens is 392 g/mol. The van der Waals surface area contributed by atoms with Crippen molar-refractivity contribution in [3.63, 3.8) is 0 Å². The minimum atomic E-state index is -3.84. The normalized spacial score (nSPS) is 15.6. The summed E-state index contributed by atoms with van der Waals surface area (Å²) < 4.78 is 40.7. The fourth-order valence-electron chi connectivity index (χ4n) is 2.78. The van der Waals surface area contributed by atoms with E-state index in [1.165, 1.54) is 6.20 Å². The van der Waals surface area contributed by atoms with Crippen LogP contribution in [0.25, 0.3) is 17.0 Å². The van der Waals surface area contributed by atoms with Gasteiger partial charge in [0.15, 0.2) is 0 Å². The van der Waals surface area contributed by atoms with E-state index in [0.717, 1.165) is 9.87 Å². The molecule has 0 atom stereocenters. The Hall–Kier alpha value is -3.46. The Morgan fingerprint density at radius 2 is 1.72 bits per heavy atom. The molecule has 0 saturated carbocycles. The number of para-hydroxylation sites is 1. The number of hydrogen-bond donors (Lipinski definition) is 0. The quantitative estimate of drug-likeness (QED) is 0.619. The Bertz CT molecular complexity index is 1160. The van der Waals surface area contributed by atoms with Crippen molar-refractivity contribution in [2.45, 2.75) is 6.92 Å². The van der Waals surface area contributed by atoms with Gasteiger partial charge in [-0.2, -0.15) is 13.4 Å². The van der Waals surface area contributed by atoms with E-state index < -0.39 is 10.2 Å². The van der Waals surface area contributed by atoms with E-state index >= 15 is 0 Å². The van der Waals surface area contributed by atoms with Crippen LogP contribution in [-0.2, 0) is 10.2 Å². The Morgan fingerprint density at radius 3 is 2.45 bits per heavy atom. The van der Waals surface area contributed by atoms with E-state index in [-0.39, 0.29) is 24.8 Å². The molecule has 29 heavy (non-hydrogen) atoms. The maximum atomic E-state index is 12.4. The minimum Gasteiger partial charge on any atom is -0.492 e. The molecule has 2 heterocycles. The van der Waals surface area contributed by atoms with E-state index in [1.54, 1.807) is 19.1 Å². The van der Waals surface area contributed by atoms with Gasteiger partial charge in [-0.1, -0.05) is 53.7 Å². The van der Waals surface area contributed by atoms with Gasteiger partial charge in [0.1, 0.15) is 12.4 Å². The highest BCUT2D eigenvalue weighted by atomic mass is 32.2. The SMILES string of the molecule is CC1=NS(=O)(=O)N(CCOc2ccccc2)C=C1c1nc(-c2ccccc2)no1. The lowest BCUT2D eigenvalue weighted by Crippen LogP contribution is -2.32. The second-order valence-electron chi connectivity index (χ2n) is 6.26. The lowest BCUT2D eigenvalue weighted by Gasteiger charge is -2.22. The summed E-state index contributed by atoms with van der Waals surface area (Å²) in [5.41, 5.74) is 1.54. The van der Waals surface area contributed by atoms with Gasteiger partial charge in [-0.3, -0.25) is 4.31 Å². The third-order valence-electron chi connectivity index (χ3n) is 4.22. The zero-order valence-corrected chi connectivity index (χ0v) is 16.4. The zero-order chi connectivity index (χ0) is 20.3. The molecule has 1 aliphatic heterocycles. The summed E-state index contributed by atoms with van der Waals surface area (Å²) in [7, 11) is -3.84. The molecule has 0 amide bonds. The molecule has 0 fully saturated rings. The third-order valence-corrected chi connectivity index (χ3v) is 5.61. The summed E-state index contributed by atoms with van der Waals surface area (Å²) >= 11 is 0. The number of hydrogen-bond acceptors (Lipinski definition) is 6. The highest BCUT2D eigenvalue weighted by molar-refractivity contribution is 7.88. The summed E-state index contributed by atoms with van der Waals surface area (Å²) in [5.74, 6) is 1.28. The Kier molecular flexibility index (Phi) is 5.13. The van der Waals surface area contributed by atoms with Crippen LogP contribution >= 0.6 is 0 Å². The summed E-state index contributed by atoms with van der Waals surface area (Å²) in [4.78, 5) is 4.39. The summed E-state index contributed by atoms with van der Waals surface area (Å²) in [6, 6.07) is 18.5. The molecule has 0 radical (unpaired) electrons. The van der Waals surface area contributed by atoms with Crippen LogP contribution in [-0.4, -0.2) is 41.7 Å². The largest absolute Gasteiger partial charge is 0.492 e. The molecule has 8 nitrogen and oxygen atoms in total. The van der Waals surface area contributed by atoms with Crippen LogP contribution in [0.4, 0.5) is 0 Å². The average molecular weight is 410 g/mol. The number of rotatable bonds is 6. The van der Waals surface area contributed by atoms with Crippen LogP contribution in [0.15, 0.2) is 75.8 Å². The third kappa shape index (κ3) is 4.19. The first-order valence-electron chi connectivity index (χ1n) is 8.91. The van der Waals surface area contributed by atoms with Gasteiger partial charge in [0.25, 0.3) is 5.89 Å². The highest BCUT2D eigenvalue weighted by Crippen LogP contribution is 2.25. The highest BCUT2D eigenvalue weighted by Gasteiger charge is 2.28. The van der Waals surface area contributed by atoms with Crippen molar-refractivity contribution >= 4 is 21.5 Å². The number of ether oxygens (including phenoxy) is 1. The molecule has 0 aliphatic carbocycles. The van der Waals surface area contributed by atoms with E-state index in [9.17, 15) is 8.42 Å². The molecule has 3 aromatic rings. The maximum absolute atomic E-state index is 12.4. The molecule has 4 rings (SSSR count). The lowest BCUT2D eigenvalue weighted by molar-refractivity contribution is 0.294. The van der Waals surface area contributed by atoms with Gasteiger partial charge < -0.3 is 9.26 Å². The van der Waals surface area contributed by atoms with Gasteiger partial charge in [-0.05, 0) is 19.1 Å². The van der Waals surface area contributed by atoms with Gasteiger partial charge in [-0.15, -0.1) is 4.40 Å². The molecule has 1 aliphatic rings. The van der Waals surface area contributed by atoms with Gasteiger partial charge in [-0.25, -0.2) is 0 Å². The van der Waals surface area contributed by atoms with Gasteiger partial charge in [0.2, 0.25) is 5.82 Å². The van der Waals surface area contributed by atoms with Crippen LogP contribution in [0.2, 0.25) is 0 Å². The van der Waals surface area contributed by atoms with Gasteiger partial charge in [0, 0.05) is 11.8 Å². The zero-order valence-electron chi connectivity index (χ0n) is 15.6. The molecular formula is C20H18N4O4S. The van der Waals surface area contributed by atoms with Crippen molar-refractivity contribution in [1.82, 2.24) is 14.4 Å². The predicted molar refractivity (Wildman–Crippen MR) is 108 cm³/mol. The lowest BCUT2D eigenvalue weighted by atomic mass is 10.2. The monoisotopic (exact) mass is 410 g/mol. The molecule has 9 heteroatoms. The second kappa shape index (κ2) is 7.88. The molecule has 0 bridgehead atoms. The molecule has 0 spiro atoms. The first kappa shape index (κ1) is 18.9. The van der Waals surface area contributed by atoms with Crippen LogP contribution in [0.1, 0.15) is 12.8 Å². The van der Waals surface area contributed by atoms with E-state index in [0.29, 0.717) is 17.1 Å². The summed E-state index contributed by atoms with van der Waals surface area (Å²) in [5, 5.41) is 3.98. The number of aromatic nitrogens is 2. The first-order chi connectivity index (χ1) is 14.0. The number of benzene rings is 2. The van der Waals surface area contributed by atoms with Gasteiger partial charge >= 0.3 is 10.2 Å². The summed E-state index contributed by atoms with van der Waals surface area (Å²) in [6.07, 6.45) is 1.45. The van der Waals surface area contributed by atoms with Crippen molar-refractivity contribution in [1.29, 1.82) is 0 Å². The summed E-state index contributed by atoms with van der Waals surface area (Å²) in [6.45, 7) is 1.85. The number of nitrogens with zero attached hydrogens (tertiary/aromatic N) is 4. The van der Waals surface area contributed by atoms with Crippen molar-refractivity contribution < 1.29 is 17.7 Å². The van der Waals surface area contributed by atoms with Gasteiger partial charge in [0.05, 0.1) is 17.8 Å². The van der Waals surface area contributed by atoms with E-state index in [4.69, 9.17) is 9.26 Å². The van der Waals surface area contributed by atoms with Crippen LogP contribution in [0, 0.1) is 0 Å². The van der Waals surface area contributed by atoms with Crippen LogP contribution in [0.5, 0.6) is 5.75 Å². The first-order valence-corrected chi connectivity index (χ1v) is 10.3. The molecule has 0 N–H and O–H groups in total. The molecule has 1 aromatic heterocycles. The topological polar surface area (TPSA) is 97.9 Å². The predicted octanol–water partition coefficient (Wildman–Crippen LogP) is 3.18. The minimum absolute atomic E-state index is 0.0944. The van der Waals surface area contributed by atoms with Crippen molar-refractivity contribution in [2.24, 2.45) is 4.40 Å². The molecule has 0 saturated heterocycles. The van der Waals surface area contributed by atoms with Crippen molar-refractivity contribution in [3.05, 3.63) is 72.8 Å². The smallest absolute Gasteiger partial charge is 0.344 e. The van der Waals surface area contributed by atoms with Crippen LogP contribution in [0.3, 0.4) is 0 Å². The van der Waals surface area contributed by atoms with E-state index in [1.807, 2.05) is 48.5 Å². The Morgan fingerprint density at radius 1 is 1.03 bits per heavy atom. The number of allylic oxidation sites excluding steroid dienone is 1. The fourth-order valence-corrected chi connectivity index (χ4v) is 3.87. The van der Waals surface area contributed by atoms with Crippen molar-refractivity contribution in [2.75, 3.05) is 13.2 Å². The molecule has 148 valence electrons.